The molecule has 0 aromatic heterocycles. The smallest absolute Gasteiger partial charge is 0.300 e. The van der Waals surface area contributed by atoms with E-state index in [1.807, 2.05) is 72.8 Å². The Morgan fingerprint density at radius 1 is 1.10 bits per heavy atom. The lowest BCUT2D eigenvalue weighted by Gasteiger charge is -2.17. The Bertz CT molecular complexity index is 812. The number of Topliss-reactive ketones (excluding diaryl/α,β-unsaturated/α-hetero) is 1. The number of rotatable bonds is 7. The second-order valence-corrected chi connectivity index (χ2v) is 7.56. The maximum absolute atomic E-state index is 12.3. The summed E-state index contributed by atoms with van der Waals surface area (Å²) in [7, 11) is 0. The molecule has 4 atom stereocenters. The van der Waals surface area contributed by atoms with Gasteiger partial charge >= 0.3 is 0 Å². The van der Waals surface area contributed by atoms with Gasteiger partial charge in [0.05, 0.1) is 12.2 Å². The second-order valence-electron chi connectivity index (χ2n) is 7.56. The number of aliphatic hydroxyl groups is 2. The van der Waals surface area contributed by atoms with Crippen LogP contribution in [0.25, 0.3) is 0 Å². The standard InChI is InChI=1S/C23H26O3.C2H4O2/c24-21(18-11-5-2-6-12-18)14-8-7-13-19-20(23(26)16-22(19)25)15-17-9-3-1-4-10-17;1-2(3)4/h1-7,9-13,19-22,24-25H,8,14-16H2;1H3,(H,3,4)/b13-7+;/t19-,20-,21?,22+;/m1./s1. The fourth-order valence-corrected chi connectivity index (χ4v) is 3.71. The van der Waals surface area contributed by atoms with Crippen LogP contribution in [0.5, 0.6) is 0 Å². The highest BCUT2D eigenvalue weighted by molar-refractivity contribution is 5.85. The lowest BCUT2D eigenvalue weighted by molar-refractivity contribution is -0.134. The molecule has 30 heavy (non-hydrogen) atoms. The summed E-state index contributed by atoms with van der Waals surface area (Å²) in [5.41, 5.74) is 2.04. The van der Waals surface area contributed by atoms with Crippen LogP contribution in [-0.4, -0.2) is 33.2 Å². The largest absolute Gasteiger partial charge is 0.481 e. The molecular formula is C25H30O5. The van der Waals surface area contributed by atoms with E-state index < -0.39 is 18.2 Å². The Hall–Kier alpha value is -2.76. The Morgan fingerprint density at radius 3 is 2.27 bits per heavy atom. The summed E-state index contributed by atoms with van der Waals surface area (Å²) in [4.78, 5) is 21.3. The topological polar surface area (TPSA) is 94.8 Å². The van der Waals surface area contributed by atoms with E-state index in [1.54, 1.807) is 0 Å². The molecule has 5 heteroatoms. The van der Waals surface area contributed by atoms with Crippen LogP contribution in [0.15, 0.2) is 72.8 Å². The van der Waals surface area contributed by atoms with Gasteiger partial charge < -0.3 is 15.3 Å². The second kappa shape index (κ2) is 12.1. The first kappa shape index (κ1) is 23.5. The molecule has 3 N–H and O–H groups in total. The number of hydrogen-bond acceptors (Lipinski definition) is 4. The summed E-state index contributed by atoms with van der Waals surface area (Å²) < 4.78 is 0. The third-order valence-electron chi connectivity index (χ3n) is 5.18. The molecule has 0 saturated heterocycles. The number of hydrogen-bond donors (Lipinski definition) is 3. The third-order valence-corrected chi connectivity index (χ3v) is 5.18. The quantitative estimate of drug-likeness (QED) is 0.601. The SMILES string of the molecule is CC(=O)O.O=C1C[C@H](O)[C@H](/C=C/CCC(O)c2ccccc2)[C@H]1Cc1ccccc1. The number of aliphatic carboxylic acids is 1. The fraction of sp³-hybridized carbons (Fsp3) is 0.360. The zero-order valence-corrected chi connectivity index (χ0v) is 17.2. The molecule has 2 aromatic rings. The van der Waals surface area contributed by atoms with Crippen molar-refractivity contribution >= 4 is 11.8 Å². The molecule has 2 aromatic carbocycles. The Labute approximate surface area is 177 Å². The van der Waals surface area contributed by atoms with Gasteiger partial charge in [-0.3, -0.25) is 9.59 Å². The van der Waals surface area contributed by atoms with E-state index in [9.17, 15) is 15.0 Å². The summed E-state index contributed by atoms with van der Waals surface area (Å²) in [5.74, 6) is -1.00. The predicted molar refractivity (Wildman–Crippen MR) is 116 cm³/mol. The Kier molecular flexibility index (Phi) is 9.45. The number of ketones is 1. The minimum absolute atomic E-state index is 0.139. The van der Waals surface area contributed by atoms with Crippen LogP contribution in [0.4, 0.5) is 0 Å². The first-order chi connectivity index (χ1) is 14.4. The zero-order valence-electron chi connectivity index (χ0n) is 17.2. The zero-order chi connectivity index (χ0) is 21.9. The van der Waals surface area contributed by atoms with Crippen molar-refractivity contribution in [1.29, 1.82) is 0 Å². The molecule has 0 heterocycles. The summed E-state index contributed by atoms with van der Waals surface area (Å²) in [6.45, 7) is 1.08. The molecule has 0 aliphatic heterocycles. The van der Waals surface area contributed by atoms with Gasteiger partial charge in [0, 0.05) is 25.2 Å². The molecule has 0 bridgehead atoms. The van der Waals surface area contributed by atoms with Crippen molar-refractivity contribution in [2.45, 2.75) is 44.8 Å². The van der Waals surface area contributed by atoms with Crippen LogP contribution in [0.2, 0.25) is 0 Å². The number of aliphatic hydroxyl groups excluding tert-OH is 2. The van der Waals surface area contributed by atoms with E-state index in [1.165, 1.54) is 0 Å². The first-order valence-electron chi connectivity index (χ1n) is 10.2. The average molecular weight is 411 g/mol. The summed E-state index contributed by atoms with van der Waals surface area (Å²) >= 11 is 0. The monoisotopic (exact) mass is 410 g/mol. The van der Waals surface area contributed by atoms with E-state index in [4.69, 9.17) is 9.90 Å². The number of carbonyl (C=O) groups excluding carboxylic acids is 1. The molecule has 0 radical (unpaired) electrons. The predicted octanol–water partition coefficient (Wildman–Crippen LogP) is 3.96. The summed E-state index contributed by atoms with van der Waals surface area (Å²) in [6, 6.07) is 19.6. The van der Waals surface area contributed by atoms with Crippen molar-refractivity contribution in [3.05, 3.63) is 83.9 Å². The van der Waals surface area contributed by atoms with Gasteiger partial charge in [0.15, 0.2) is 0 Å². The van der Waals surface area contributed by atoms with Crippen LogP contribution in [-0.2, 0) is 16.0 Å². The van der Waals surface area contributed by atoms with Gasteiger partial charge in [-0.15, -0.1) is 0 Å². The molecule has 1 fully saturated rings. The van der Waals surface area contributed by atoms with Gasteiger partial charge in [-0.1, -0.05) is 72.8 Å². The molecule has 0 spiro atoms. The molecule has 1 unspecified atom stereocenters. The van der Waals surface area contributed by atoms with E-state index in [0.717, 1.165) is 18.1 Å². The van der Waals surface area contributed by atoms with Crippen molar-refractivity contribution in [1.82, 2.24) is 0 Å². The highest BCUT2D eigenvalue weighted by Crippen LogP contribution is 2.33. The minimum Gasteiger partial charge on any atom is -0.481 e. The van der Waals surface area contributed by atoms with Crippen molar-refractivity contribution in [3.8, 4) is 0 Å². The first-order valence-corrected chi connectivity index (χ1v) is 10.2. The number of carboxylic acid groups (broad SMARTS) is 1. The summed E-state index contributed by atoms with van der Waals surface area (Å²) in [5, 5.41) is 27.9. The van der Waals surface area contributed by atoms with Gasteiger partial charge in [0.2, 0.25) is 0 Å². The molecule has 1 saturated carbocycles. The normalized spacial score (nSPS) is 21.8. The molecule has 160 valence electrons. The van der Waals surface area contributed by atoms with Crippen LogP contribution in [0, 0.1) is 11.8 Å². The Morgan fingerprint density at radius 2 is 1.67 bits per heavy atom. The van der Waals surface area contributed by atoms with Crippen LogP contribution in [0.3, 0.4) is 0 Å². The number of carbonyl (C=O) groups is 2. The molecular weight excluding hydrogens is 380 g/mol. The van der Waals surface area contributed by atoms with Crippen LogP contribution < -0.4 is 0 Å². The van der Waals surface area contributed by atoms with Crippen molar-refractivity contribution in [3.63, 3.8) is 0 Å². The van der Waals surface area contributed by atoms with Crippen molar-refractivity contribution in [2.75, 3.05) is 0 Å². The third kappa shape index (κ3) is 7.58. The van der Waals surface area contributed by atoms with Gasteiger partial charge in [-0.25, -0.2) is 0 Å². The minimum atomic E-state index is -0.833. The van der Waals surface area contributed by atoms with Gasteiger partial charge in [-0.05, 0) is 30.4 Å². The molecule has 3 rings (SSSR count). The Balaban J connectivity index is 0.000000735. The van der Waals surface area contributed by atoms with E-state index in [-0.39, 0.29) is 24.0 Å². The maximum Gasteiger partial charge on any atom is 0.300 e. The lowest BCUT2D eigenvalue weighted by Crippen LogP contribution is -2.20. The van der Waals surface area contributed by atoms with Crippen molar-refractivity contribution < 1.29 is 24.9 Å². The van der Waals surface area contributed by atoms with Gasteiger partial charge in [0.1, 0.15) is 5.78 Å². The highest BCUT2D eigenvalue weighted by atomic mass is 16.4. The highest BCUT2D eigenvalue weighted by Gasteiger charge is 2.39. The van der Waals surface area contributed by atoms with Crippen LogP contribution in [0.1, 0.15) is 43.4 Å². The van der Waals surface area contributed by atoms with Crippen LogP contribution >= 0.6 is 0 Å². The maximum atomic E-state index is 12.3. The molecule has 5 nitrogen and oxygen atoms in total. The summed E-state index contributed by atoms with van der Waals surface area (Å²) in [6.07, 6.45) is 5.11. The molecule has 1 aliphatic rings. The van der Waals surface area contributed by atoms with E-state index in [0.29, 0.717) is 19.3 Å². The number of benzene rings is 2. The molecule has 0 amide bonds. The fourth-order valence-electron chi connectivity index (χ4n) is 3.71. The number of carboxylic acids is 1. The van der Waals surface area contributed by atoms with E-state index >= 15 is 0 Å². The molecule has 1 aliphatic carbocycles. The van der Waals surface area contributed by atoms with E-state index in [2.05, 4.69) is 0 Å². The van der Waals surface area contributed by atoms with Crippen molar-refractivity contribution in [2.24, 2.45) is 11.8 Å². The average Bonchev–Trinajstić information content (AvgIpc) is 2.99. The van der Waals surface area contributed by atoms with Gasteiger partial charge in [-0.2, -0.15) is 0 Å². The number of allylic oxidation sites excluding steroid dienone is 1. The lowest BCUT2D eigenvalue weighted by atomic mass is 9.88. The van der Waals surface area contributed by atoms with Gasteiger partial charge in [0.25, 0.3) is 5.97 Å².